The van der Waals surface area contributed by atoms with Crippen LogP contribution in [0, 0.1) is 0 Å². The Bertz CT molecular complexity index is 566. The highest BCUT2D eigenvalue weighted by atomic mass is 16.5. The Morgan fingerprint density at radius 2 is 2.11 bits per heavy atom. The molecule has 0 bridgehead atoms. The van der Waals surface area contributed by atoms with Gasteiger partial charge in [-0.2, -0.15) is 0 Å². The van der Waals surface area contributed by atoms with E-state index in [4.69, 9.17) is 9.84 Å². The Kier molecular flexibility index (Phi) is 3.57. The number of carboxylic acid groups (broad SMARTS) is 1. The molecule has 1 N–H and O–H groups in total. The maximum Gasteiger partial charge on any atom is 0.335 e. The van der Waals surface area contributed by atoms with Crippen molar-refractivity contribution in [3.05, 3.63) is 59.4 Å². The van der Waals surface area contributed by atoms with Gasteiger partial charge in [-0.25, -0.2) is 4.79 Å². The van der Waals surface area contributed by atoms with Crippen LogP contribution >= 0.6 is 0 Å². The molecular formula is C14H13NO3. The van der Waals surface area contributed by atoms with Crippen molar-refractivity contribution in [2.24, 2.45) is 0 Å². The maximum atomic E-state index is 10.9. The summed E-state index contributed by atoms with van der Waals surface area (Å²) in [4.78, 5) is 15.0. The quantitative estimate of drug-likeness (QED) is 0.895. The van der Waals surface area contributed by atoms with Crippen molar-refractivity contribution in [1.29, 1.82) is 0 Å². The molecule has 0 fully saturated rings. The highest BCUT2D eigenvalue weighted by molar-refractivity contribution is 5.87. The van der Waals surface area contributed by atoms with Gasteiger partial charge < -0.3 is 9.84 Å². The van der Waals surface area contributed by atoms with Crippen LogP contribution in [-0.2, 0) is 6.42 Å². The highest BCUT2D eigenvalue weighted by Gasteiger charge is 2.07. The molecule has 1 aromatic heterocycles. The average molecular weight is 243 g/mol. The van der Waals surface area contributed by atoms with Crippen LogP contribution in [0.25, 0.3) is 0 Å². The molecule has 2 rings (SSSR count). The summed E-state index contributed by atoms with van der Waals surface area (Å²) in [6, 6.07) is 10.7. The predicted molar refractivity (Wildman–Crippen MR) is 67.0 cm³/mol. The molecule has 4 nitrogen and oxygen atoms in total. The van der Waals surface area contributed by atoms with Gasteiger partial charge in [-0.3, -0.25) is 4.98 Å². The van der Waals surface area contributed by atoms with Gasteiger partial charge in [-0.1, -0.05) is 18.2 Å². The average Bonchev–Trinajstić information content (AvgIpc) is 2.39. The number of hydrogen-bond acceptors (Lipinski definition) is 3. The van der Waals surface area contributed by atoms with E-state index in [1.54, 1.807) is 13.2 Å². The number of nitrogens with zero attached hydrogens (tertiary/aromatic N) is 1. The number of aromatic nitrogens is 1. The standard InChI is InChI=1S/C14H13NO3/c1-18-13-5-3-2-4-10(13)8-12-9-11(14(16)17)6-7-15-12/h2-7,9H,8H2,1H3,(H,16,17). The first kappa shape index (κ1) is 12.1. The van der Waals surface area contributed by atoms with Crippen LogP contribution in [0.3, 0.4) is 0 Å². The molecule has 4 heteroatoms. The third kappa shape index (κ3) is 2.66. The van der Waals surface area contributed by atoms with E-state index in [0.29, 0.717) is 12.1 Å². The van der Waals surface area contributed by atoms with Gasteiger partial charge in [0.2, 0.25) is 0 Å². The number of pyridine rings is 1. The summed E-state index contributed by atoms with van der Waals surface area (Å²) < 4.78 is 5.25. The molecule has 0 radical (unpaired) electrons. The molecular weight excluding hydrogens is 230 g/mol. The zero-order valence-electron chi connectivity index (χ0n) is 9.96. The lowest BCUT2D eigenvalue weighted by Gasteiger charge is -2.07. The van der Waals surface area contributed by atoms with Gasteiger partial charge in [-0.05, 0) is 18.2 Å². The Morgan fingerprint density at radius 1 is 1.33 bits per heavy atom. The number of ether oxygens (including phenoxy) is 1. The zero-order valence-corrected chi connectivity index (χ0v) is 9.96. The summed E-state index contributed by atoms with van der Waals surface area (Å²) >= 11 is 0. The number of aromatic carboxylic acids is 1. The van der Waals surface area contributed by atoms with E-state index in [1.807, 2.05) is 24.3 Å². The molecule has 0 unspecified atom stereocenters. The Morgan fingerprint density at radius 3 is 2.83 bits per heavy atom. The Balaban J connectivity index is 2.28. The van der Waals surface area contributed by atoms with E-state index < -0.39 is 5.97 Å². The fourth-order valence-corrected chi connectivity index (χ4v) is 1.75. The molecule has 0 aliphatic carbocycles. The lowest BCUT2D eigenvalue weighted by atomic mass is 10.1. The number of benzene rings is 1. The number of carbonyl (C=O) groups is 1. The molecule has 0 saturated carbocycles. The van der Waals surface area contributed by atoms with Crippen LogP contribution in [0.5, 0.6) is 5.75 Å². The molecule has 0 aliphatic heterocycles. The van der Waals surface area contributed by atoms with E-state index in [0.717, 1.165) is 11.3 Å². The summed E-state index contributed by atoms with van der Waals surface area (Å²) in [5, 5.41) is 8.92. The smallest absolute Gasteiger partial charge is 0.335 e. The normalized spacial score (nSPS) is 10.1. The van der Waals surface area contributed by atoms with Gasteiger partial charge >= 0.3 is 5.97 Å². The van der Waals surface area contributed by atoms with Gasteiger partial charge in [-0.15, -0.1) is 0 Å². The minimum atomic E-state index is -0.946. The molecule has 18 heavy (non-hydrogen) atoms. The van der Waals surface area contributed by atoms with Crippen LogP contribution in [0.2, 0.25) is 0 Å². The lowest BCUT2D eigenvalue weighted by molar-refractivity contribution is 0.0696. The number of rotatable bonds is 4. The van der Waals surface area contributed by atoms with Crippen molar-refractivity contribution in [1.82, 2.24) is 4.98 Å². The maximum absolute atomic E-state index is 10.9. The van der Waals surface area contributed by atoms with Crippen LogP contribution in [0.4, 0.5) is 0 Å². The van der Waals surface area contributed by atoms with Gasteiger partial charge in [0.15, 0.2) is 0 Å². The largest absolute Gasteiger partial charge is 0.496 e. The monoisotopic (exact) mass is 243 g/mol. The molecule has 92 valence electrons. The van der Waals surface area contributed by atoms with Crippen molar-refractivity contribution in [2.75, 3.05) is 7.11 Å². The summed E-state index contributed by atoms with van der Waals surface area (Å²) in [6.45, 7) is 0. The summed E-state index contributed by atoms with van der Waals surface area (Å²) in [5.74, 6) is -0.168. The summed E-state index contributed by atoms with van der Waals surface area (Å²) in [7, 11) is 1.61. The van der Waals surface area contributed by atoms with Crippen LogP contribution in [0.15, 0.2) is 42.6 Å². The second-order valence-electron chi connectivity index (χ2n) is 3.83. The first-order valence-corrected chi connectivity index (χ1v) is 5.51. The molecule has 1 heterocycles. The molecule has 0 atom stereocenters. The van der Waals surface area contributed by atoms with Crippen LogP contribution < -0.4 is 4.74 Å². The molecule has 0 spiro atoms. The number of methoxy groups -OCH3 is 1. The molecule has 0 saturated heterocycles. The fourth-order valence-electron chi connectivity index (χ4n) is 1.75. The lowest BCUT2D eigenvalue weighted by Crippen LogP contribution is -2.00. The van der Waals surface area contributed by atoms with Gasteiger partial charge in [0.25, 0.3) is 0 Å². The predicted octanol–water partition coefficient (Wildman–Crippen LogP) is 2.38. The Hall–Kier alpha value is -2.36. The van der Waals surface area contributed by atoms with E-state index >= 15 is 0 Å². The molecule has 2 aromatic rings. The van der Waals surface area contributed by atoms with Crippen molar-refractivity contribution in [3.63, 3.8) is 0 Å². The van der Waals surface area contributed by atoms with Crippen molar-refractivity contribution < 1.29 is 14.6 Å². The van der Waals surface area contributed by atoms with Crippen LogP contribution in [-0.4, -0.2) is 23.2 Å². The minimum absolute atomic E-state index is 0.245. The van der Waals surface area contributed by atoms with Gasteiger partial charge in [0.1, 0.15) is 5.75 Å². The summed E-state index contributed by atoms with van der Waals surface area (Å²) in [5.41, 5.74) is 1.93. The minimum Gasteiger partial charge on any atom is -0.496 e. The van der Waals surface area contributed by atoms with E-state index in [9.17, 15) is 4.79 Å². The van der Waals surface area contributed by atoms with Crippen molar-refractivity contribution in [3.8, 4) is 5.75 Å². The van der Waals surface area contributed by atoms with Crippen molar-refractivity contribution >= 4 is 5.97 Å². The third-order valence-corrected chi connectivity index (χ3v) is 2.63. The molecule has 1 aromatic carbocycles. The second-order valence-corrected chi connectivity index (χ2v) is 3.83. The zero-order chi connectivity index (χ0) is 13.0. The topological polar surface area (TPSA) is 59.4 Å². The van der Waals surface area contributed by atoms with Crippen molar-refractivity contribution in [2.45, 2.75) is 6.42 Å². The molecule has 0 aliphatic rings. The number of carboxylic acids is 1. The third-order valence-electron chi connectivity index (χ3n) is 2.63. The first-order valence-electron chi connectivity index (χ1n) is 5.51. The number of hydrogen-bond donors (Lipinski definition) is 1. The fraction of sp³-hybridized carbons (Fsp3) is 0.143. The second kappa shape index (κ2) is 5.31. The van der Waals surface area contributed by atoms with Crippen LogP contribution in [0.1, 0.15) is 21.6 Å². The van der Waals surface area contributed by atoms with Gasteiger partial charge in [0.05, 0.1) is 12.7 Å². The Labute approximate surface area is 105 Å². The first-order chi connectivity index (χ1) is 8.70. The SMILES string of the molecule is COc1ccccc1Cc1cc(C(=O)O)ccn1. The highest BCUT2D eigenvalue weighted by Crippen LogP contribution is 2.20. The van der Waals surface area contributed by atoms with E-state index in [-0.39, 0.29) is 5.56 Å². The van der Waals surface area contributed by atoms with Gasteiger partial charge in [0, 0.05) is 23.9 Å². The number of para-hydroxylation sites is 1. The van der Waals surface area contributed by atoms with E-state index in [1.165, 1.54) is 12.3 Å². The van der Waals surface area contributed by atoms with E-state index in [2.05, 4.69) is 4.98 Å². The summed E-state index contributed by atoms with van der Waals surface area (Å²) in [6.07, 6.45) is 2.05. The molecule has 0 amide bonds.